The maximum Gasteiger partial charge on any atom is 0.102 e. The van der Waals surface area contributed by atoms with E-state index < -0.39 is 12.7 Å². The summed E-state index contributed by atoms with van der Waals surface area (Å²) >= 11 is 0. The van der Waals surface area contributed by atoms with Crippen LogP contribution in [0.25, 0.3) is 0 Å². The molecule has 0 rings (SSSR count). The third kappa shape index (κ3) is 4.09. The van der Waals surface area contributed by atoms with Gasteiger partial charge in [-0.3, -0.25) is 0 Å². The van der Waals surface area contributed by atoms with Crippen LogP contribution in [0.1, 0.15) is 33.1 Å². The van der Waals surface area contributed by atoms with E-state index in [1.807, 2.05) is 6.92 Å². The summed E-state index contributed by atoms with van der Waals surface area (Å²) in [5, 5.41) is 8.19. The van der Waals surface area contributed by atoms with Gasteiger partial charge in [0.15, 0.2) is 0 Å². The Kier molecular flexibility index (Phi) is 5.91. The summed E-state index contributed by atoms with van der Waals surface area (Å²) in [6.07, 6.45) is 1.79. The Morgan fingerprint density at radius 1 is 1.57 bits per heavy atom. The van der Waals surface area contributed by atoms with Crippen molar-refractivity contribution >= 4 is 7.37 Å². The van der Waals surface area contributed by atoms with E-state index in [-0.39, 0.29) is 12.8 Å². The summed E-state index contributed by atoms with van der Waals surface area (Å²) in [6.45, 7) is 3.47. The molecule has 4 nitrogen and oxygen atoms in total. The first-order valence-corrected chi connectivity index (χ1v) is 6.70. The van der Waals surface area contributed by atoms with Crippen LogP contribution in [0.15, 0.2) is 0 Å². The highest BCUT2D eigenvalue weighted by molar-refractivity contribution is 7.58. The Morgan fingerprint density at radius 3 is 2.57 bits per heavy atom. The van der Waals surface area contributed by atoms with Gasteiger partial charge in [0.25, 0.3) is 0 Å². The summed E-state index contributed by atoms with van der Waals surface area (Å²) < 4.78 is 16.3. The molecule has 0 saturated heterocycles. The van der Waals surface area contributed by atoms with Gasteiger partial charge in [-0.05, 0) is 13.3 Å². The Labute approximate surface area is 85.7 Å². The van der Waals surface area contributed by atoms with Gasteiger partial charge in [0.2, 0.25) is 0 Å². The zero-order chi connectivity index (χ0) is 11.2. The second kappa shape index (κ2) is 5.86. The maximum absolute atomic E-state index is 11.6. The van der Waals surface area contributed by atoms with E-state index in [4.69, 9.17) is 4.74 Å². The SMILES string of the molecule is CCCCC(C)(O)P(=O)([O-])CCOC. The number of ether oxygens (including phenoxy) is 1. The first-order valence-electron chi connectivity index (χ1n) is 4.89. The molecule has 0 saturated carbocycles. The number of hydrogen-bond donors (Lipinski definition) is 1. The van der Waals surface area contributed by atoms with E-state index in [0.717, 1.165) is 6.42 Å². The van der Waals surface area contributed by atoms with E-state index in [1.54, 1.807) is 0 Å². The maximum atomic E-state index is 11.6. The summed E-state index contributed by atoms with van der Waals surface area (Å²) in [4.78, 5) is 11.6. The summed E-state index contributed by atoms with van der Waals surface area (Å²) in [5.41, 5.74) is 0. The van der Waals surface area contributed by atoms with Crippen LogP contribution in [0, 0.1) is 0 Å². The standard InChI is InChI=1S/C9H21O4P/c1-4-5-6-9(2,10)14(11,12)8-7-13-3/h10H,4-8H2,1-3H3,(H,11,12)/p-1. The topological polar surface area (TPSA) is 69.6 Å². The minimum Gasteiger partial charge on any atom is -0.797 e. The number of rotatable bonds is 7. The van der Waals surface area contributed by atoms with Crippen molar-refractivity contribution < 1.29 is 19.3 Å². The molecule has 0 heterocycles. The highest BCUT2D eigenvalue weighted by Gasteiger charge is 2.32. The van der Waals surface area contributed by atoms with Crippen molar-refractivity contribution in [1.82, 2.24) is 0 Å². The number of unbranched alkanes of at least 4 members (excludes halogenated alkanes) is 1. The second-order valence-electron chi connectivity index (χ2n) is 3.71. The minimum absolute atomic E-state index is 0.0970. The lowest BCUT2D eigenvalue weighted by molar-refractivity contribution is -0.191. The van der Waals surface area contributed by atoms with Crippen LogP contribution >= 0.6 is 7.37 Å². The largest absolute Gasteiger partial charge is 0.797 e. The molecule has 0 aliphatic heterocycles. The fourth-order valence-corrected chi connectivity index (χ4v) is 2.54. The third-order valence-corrected chi connectivity index (χ3v) is 4.79. The van der Waals surface area contributed by atoms with Gasteiger partial charge in [0, 0.05) is 20.6 Å². The van der Waals surface area contributed by atoms with E-state index >= 15 is 0 Å². The van der Waals surface area contributed by atoms with Crippen molar-refractivity contribution in [1.29, 1.82) is 0 Å². The van der Waals surface area contributed by atoms with E-state index in [0.29, 0.717) is 12.8 Å². The zero-order valence-electron chi connectivity index (χ0n) is 9.15. The summed E-state index contributed by atoms with van der Waals surface area (Å²) in [7, 11) is -2.32. The minimum atomic E-state index is -3.76. The predicted octanol–water partition coefficient (Wildman–Crippen LogP) is 1.17. The van der Waals surface area contributed by atoms with Crippen LogP contribution < -0.4 is 4.89 Å². The van der Waals surface area contributed by atoms with Crippen molar-refractivity contribution in [2.75, 3.05) is 19.9 Å². The van der Waals surface area contributed by atoms with Gasteiger partial charge >= 0.3 is 0 Å². The van der Waals surface area contributed by atoms with Crippen LogP contribution in [-0.4, -0.2) is 30.3 Å². The smallest absolute Gasteiger partial charge is 0.102 e. The molecule has 0 spiro atoms. The molecule has 0 bridgehead atoms. The lowest BCUT2D eigenvalue weighted by Crippen LogP contribution is -2.32. The van der Waals surface area contributed by atoms with Gasteiger partial charge in [-0.1, -0.05) is 19.8 Å². The molecule has 0 aromatic rings. The fourth-order valence-electron chi connectivity index (χ4n) is 1.13. The average Bonchev–Trinajstić information content (AvgIpc) is 2.11. The van der Waals surface area contributed by atoms with Crippen LogP contribution in [0.4, 0.5) is 0 Å². The Hall–Kier alpha value is 0.110. The first-order chi connectivity index (χ1) is 6.37. The molecule has 0 aliphatic carbocycles. The van der Waals surface area contributed by atoms with Crippen LogP contribution in [0.2, 0.25) is 0 Å². The predicted molar refractivity (Wildman–Crippen MR) is 54.5 cm³/mol. The molecule has 0 amide bonds. The molecule has 0 aliphatic rings. The van der Waals surface area contributed by atoms with Crippen molar-refractivity contribution in [3.63, 3.8) is 0 Å². The Morgan fingerprint density at radius 2 is 2.14 bits per heavy atom. The monoisotopic (exact) mass is 223 g/mol. The molecule has 5 heteroatoms. The molecule has 0 fully saturated rings. The number of hydrogen-bond acceptors (Lipinski definition) is 4. The van der Waals surface area contributed by atoms with Crippen LogP contribution in [0.3, 0.4) is 0 Å². The average molecular weight is 223 g/mol. The molecule has 2 atom stereocenters. The Balaban J connectivity index is 4.28. The van der Waals surface area contributed by atoms with Gasteiger partial charge in [-0.2, -0.15) is 0 Å². The molecule has 2 unspecified atom stereocenters. The molecule has 14 heavy (non-hydrogen) atoms. The van der Waals surface area contributed by atoms with Crippen LogP contribution in [-0.2, 0) is 9.30 Å². The lowest BCUT2D eigenvalue weighted by atomic mass is 10.2. The quantitative estimate of drug-likeness (QED) is 0.658. The van der Waals surface area contributed by atoms with Gasteiger partial charge in [-0.15, -0.1) is 0 Å². The van der Waals surface area contributed by atoms with Crippen molar-refractivity contribution in [3.05, 3.63) is 0 Å². The molecule has 0 aromatic heterocycles. The highest BCUT2D eigenvalue weighted by Crippen LogP contribution is 2.50. The molecule has 0 radical (unpaired) electrons. The van der Waals surface area contributed by atoms with Gasteiger partial charge in [0.1, 0.15) is 5.34 Å². The summed E-state index contributed by atoms with van der Waals surface area (Å²) in [5.74, 6) is 0. The van der Waals surface area contributed by atoms with E-state index in [1.165, 1.54) is 14.0 Å². The normalized spacial score (nSPS) is 20.1. The zero-order valence-corrected chi connectivity index (χ0v) is 10.0. The van der Waals surface area contributed by atoms with E-state index in [9.17, 15) is 14.6 Å². The Bertz CT molecular complexity index is 203. The first kappa shape index (κ1) is 14.1. The third-order valence-electron chi connectivity index (χ3n) is 2.33. The lowest BCUT2D eigenvalue weighted by Gasteiger charge is -2.38. The number of methoxy groups -OCH3 is 1. The van der Waals surface area contributed by atoms with Gasteiger partial charge in [0.05, 0.1) is 6.61 Å². The van der Waals surface area contributed by atoms with Crippen molar-refractivity contribution in [2.24, 2.45) is 0 Å². The fraction of sp³-hybridized carbons (Fsp3) is 1.00. The molecular formula is C9H20O4P-. The number of aliphatic hydroxyl groups is 1. The van der Waals surface area contributed by atoms with Crippen LogP contribution in [0.5, 0.6) is 0 Å². The van der Waals surface area contributed by atoms with Crippen molar-refractivity contribution in [2.45, 2.75) is 38.5 Å². The molecule has 0 aromatic carbocycles. The van der Waals surface area contributed by atoms with Gasteiger partial charge < -0.3 is 19.3 Å². The molecular weight excluding hydrogens is 203 g/mol. The molecule has 86 valence electrons. The highest BCUT2D eigenvalue weighted by atomic mass is 31.2. The molecule has 1 N–H and O–H groups in total. The summed E-state index contributed by atoms with van der Waals surface area (Å²) in [6, 6.07) is 0. The van der Waals surface area contributed by atoms with Crippen molar-refractivity contribution in [3.8, 4) is 0 Å². The van der Waals surface area contributed by atoms with Gasteiger partial charge in [-0.25, -0.2) is 0 Å². The second-order valence-corrected chi connectivity index (χ2v) is 6.47. The van der Waals surface area contributed by atoms with E-state index in [2.05, 4.69) is 0 Å².